The van der Waals surface area contributed by atoms with E-state index in [4.69, 9.17) is 9.72 Å². The van der Waals surface area contributed by atoms with E-state index in [2.05, 4.69) is 23.2 Å². The molecule has 0 bridgehead atoms. The number of nitrogens with one attached hydrogen (secondary N) is 1. The third-order valence-corrected chi connectivity index (χ3v) is 5.58. The summed E-state index contributed by atoms with van der Waals surface area (Å²) in [6.45, 7) is 7.26. The Morgan fingerprint density at radius 3 is 2.77 bits per heavy atom. The molecule has 0 aromatic carbocycles. The summed E-state index contributed by atoms with van der Waals surface area (Å²) in [6, 6.07) is 3.86. The number of morpholine rings is 1. The number of hydrogen-bond donors (Lipinski definition) is 1. The summed E-state index contributed by atoms with van der Waals surface area (Å²) in [5.74, 6) is 1.55. The van der Waals surface area contributed by atoms with E-state index in [1.165, 1.54) is 24.8 Å². The Morgan fingerprint density at radius 1 is 1.23 bits per heavy atom. The van der Waals surface area contributed by atoms with Crippen molar-refractivity contribution in [2.24, 2.45) is 5.92 Å². The molecule has 0 spiro atoms. The van der Waals surface area contributed by atoms with Crippen LogP contribution in [-0.4, -0.2) is 48.8 Å². The van der Waals surface area contributed by atoms with Crippen molar-refractivity contribution in [2.45, 2.75) is 32.6 Å². The summed E-state index contributed by atoms with van der Waals surface area (Å²) in [5, 5.41) is 3.43. The van der Waals surface area contributed by atoms with Gasteiger partial charge >= 0.3 is 0 Å². The lowest BCUT2D eigenvalue weighted by molar-refractivity contribution is 0.122. The first kappa shape index (κ1) is 17.5. The van der Waals surface area contributed by atoms with E-state index in [9.17, 15) is 4.79 Å². The fraction of sp³-hybridized carbons (Fsp3) is 0.600. The van der Waals surface area contributed by atoms with E-state index in [0.717, 1.165) is 55.5 Å². The third kappa shape index (κ3) is 3.76. The van der Waals surface area contributed by atoms with Crippen molar-refractivity contribution in [3.8, 4) is 0 Å². The van der Waals surface area contributed by atoms with Gasteiger partial charge in [0.25, 0.3) is 5.56 Å². The second-order valence-electron chi connectivity index (χ2n) is 7.52. The minimum absolute atomic E-state index is 0.00306. The lowest BCUT2D eigenvalue weighted by Gasteiger charge is -2.28. The van der Waals surface area contributed by atoms with Gasteiger partial charge in [0.15, 0.2) is 0 Å². The van der Waals surface area contributed by atoms with Crippen molar-refractivity contribution < 1.29 is 4.74 Å². The molecule has 2 fully saturated rings. The van der Waals surface area contributed by atoms with Crippen molar-refractivity contribution in [3.63, 3.8) is 0 Å². The highest BCUT2D eigenvalue weighted by Crippen LogP contribution is 2.22. The van der Waals surface area contributed by atoms with Crippen LogP contribution in [0.2, 0.25) is 0 Å². The van der Waals surface area contributed by atoms with Crippen LogP contribution in [0, 0.1) is 12.8 Å². The Hall–Kier alpha value is -1.92. The average molecular weight is 356 g/mol. The zero-order chi connectivity index (χ0) is 17.9. The van der Waals surface area contributed by atoms with Gasteiger partial charge in [0.1, 0.15) is 11.5 Å². The van der Waals surface area contributed by atoms with Gasteiger partial charge in [-0.1, -0.05) is 6.07 Å². The zero-order valence-electron chi connectivity index (χ0n) is 15.5. The molecule has 6 nitrogen and oxygen atoms in total. The summed E-state index contributed by atoms with van der Waals surface area (Å²) in [7, 11) is 0. The fourth-order valence-electron chi connectivity index (χ4n) is 4.08. The summed E-state index contributed by atoms with van der Waals surface area (Å²) in [4.78, 5) is 19.7. The predicted octanol–water partition coefficient (Wildman–Crippen LogP) is 1.77. The van der Waals surface area contributed by atoms with E-state index in [1.54, 1.807) is 10.5 Å². The molecule has 6 heteroatoms. The molecule has 4 heterocycles. The van der Waals surface area contributed by atoms with Gasteiger partial charge in [-0.2, -0.15) is 0 Å². The average Bonchev–Trinajstić information content (AvgIpc) is 2.68. The van der Waals surface area contributed by atoms with Gasteiger partial charge in [0, 0.05) is 25.4 Å². The molecule has 0 aliphatic carbocycles. The predicted molar refractivity (Wildman–Crippen MR) is 103 cm³/mol. The number of nitrogens with zero attached hydrogens (tertiary/aromatic N) is 3. The molecule has 0 amide bonds. The SMILES string of the molecule is Cc1cc(CCC2CCNCC2)c2nc(N3CCOCC3)cc(=O)n2c1. The van der Waals surface area contributed by atoms with E-state index >= 15 is 0 Å². The van der Waals surface area contributed by atoms with Gasteiger partial charge in [-0.05, 0) is 62.7 Å². The van der Waals surface area contributed by atoms with Gasteiger partial charge in [-0.15, -0.1) is 0 Å². The zero-order valence-corrected chi connectivity index (χ0v) is 15.5. The molecular weight excluding hydrogens is 328 g/mol. The van der Waals surface area contributed by atoms with Gasteiger partial charge in [-0.25, -0.2) is 4.98 Å². The third-order valence-electron chi connectivity index (χ3n) is 5.58. The maximum Gasteiger partial charge on any atom is 0.259 e. The lowest BCUT2D eigenvalue weighted by atomic mass is 9.91. The summed E-state index contributed by atoms with van der Waals surface area (Å²) in [6.07, 6.45) is 6.54. The van der Waals surface area contributed by atoms with Crippen LogP contribution in [0.5, 0.6) is 0 Å². The van der Waals surface area contributed by atoms with Crippen molar-refractivity contribution in [1.82, 2.24) is 14.7 Å². The van der Waals surface area contributed by atoms with Gasteiger partial charge in [-0.3, -0.25) is 9.20 Å². The molecule has 2 aromatic heterocycles. The minimum atomic E-state index is 0.00306. The largest absolute Gasteiger partial charge is 0.378 e. The van der Waals surface area contributed by atoms with Crippen molar-refractivity contribution in [2.75, 3.05) is 44.3 Å². The first-order chi connectivity index (χ1) is 12.7. The Kier molecular flexibility index (Phi) is 5.22. The Bertz CT molecular complexity index is 820. The number of ether oxygens (including phenoxy) is 1. The molecule has 0 atom stereocenters. The summed E-state index contributed by atoms with van der Waals surface area (Å²) < 4.78 is 7.15. The van der Waals surface area contributed by atoms with Gasteiger partial charge in [0.2, 0.25) is 0 Å². The molecule has 26 heavy (non-hydrogen) atoms. The number of rotatable bonds is 4. The van der Waals surface area contributed by atoms with Crippen LogP contribution >= 0.6 is 0 Å². The Labute approximate surface area is 154 Å². The van der Waals surface area contributed by atoms with Crippen molar-refractivity contribution in [3.05, 3.63) is 39.8 Å². The normalized spacial score (nSPS) is 19.2. The summed E-state index contributed by atoms with van der Waals surface area (Å²) >= 11 is 0. The van der Waals surface area contributed by atoms with E-state index in [0.29, 0.717) is 13.2 Å². The van der Waals surface area contributed by atoms with Crippen LogP contribution in [0.25, 0.3) is 5.65 Å². The number of piperidine rings is 1. The molecule has 2 saturated heterocycles. The molecule has 0 radical (unpaired) electrons. The smallest absolute Gasteiger partial charge is 0.259 e. The maximum absolute atomic E-state index is 12.7. The fourth-order valence-corrected chi connectivity index (χ4v) is 4.08. The highest BCUT2D eigenvalue weighted by atomic mass is 16.5. The number of pyridine rings is 1. The van der Waals surface area contributed by atoms with Crippen molar-refractivity contribution in [1.29, 1.82) is 0 Å². The first-order valence-electron chi connectivity index (χ1n) is 9.77. The first-order valence-corrected chi connectivity index (χ1v) is 9.77. The van der Waals surface area contributed by atoms with E-state index in [-0.39, 0.29) is 5.56 Å². The molecule has 4 rings (SSSR count). The van der Waals surface area contributed by atoms with Gasteiger partial charge in [0.05, 0.1) is 13.2 Å². The molecule has 1 N–H and O–H groups in total. The monoisotopic (exact) mass is 356 g/mol. The maximum atomic E-state index is 12.7. The van der Waals surface area contributed by atoms with E-state index in [1.807, 2.05) is 6.20 Å². The number of anilines is 1. The highest BCUT2D eigenvalue weighted by molar-refractivity contribution is 5.54. The molecular formula is C20H28N4O2. The molecule has 2 aliphatic heterocycles. The van der Waals surface area contributed by atoms with Crippen LogP contribution in [0.3, 0.4) is 0 Å². The number of hydrogen-bond acceptors (Lipinski definition) is 5. The second kappa shape index (κ2) is 7.76. The lowest BCUT2D eigenvalue weighted by Crippen LogP contribution is -2.37. The Balaban J connectivity index is 1.66. The van der Waals surface area contributed by atoms with Crippen LogP contribution in [0.15, 0.2) is 23.1 Å². The number of aryl methyl sites for hydroxylation is 2. The highest BCUT2D eigenvalue weighted by Gasteiger charge is 2.17. The van der Waals surface area contributed by atoms with Gasteiger partial charge < -0.3 is 15.0 Å². The Morgan fingerprint density at radius 2 is 2.00 bits per heavy atom. The second-order valence-corrected chi connectivity index (χ2v) is 7.52. The quantitative estimate of drug-likeness (QED) is 0.905. The van der Waals surface area contributed by atoms with E-state index < -0.39 is 0 Å². The number of fused-ring (bicyclic) bond motifs is 1. The van der Waals surface area contributed by atoms with Crippen LogP contribution in [-0.2, 0) is 11.2 Å². The minimum Gasteiger partial charge on any atom is -0.378 e. The number of aromatic nitrogens is 2. The molecule has 0 saturated carbocycles. The molecule has 2 aliphatic rings. The van der Waals surface area contributed by atoms with Crippen LogP contribution in [0.1, 0.15) is 30.4 Å². The van der Waals surface area contributed by atoms with Crippen molar-refractivity contribution >= 4 is 11.5 Å². The molecule has 2 aromatic rings. The molecule has 0 unspecified atom stereocenters. The van der Waals surface area contributed by atoms with Crippen LogP contribution in [0.4, 0.5) is 5.82 Å². The van der Waals surface area contributed by atoms with Crippen LogP contribution < -0.4 is 15.8 Å². The molecule has 140 valence electrons. The topological polar surface area (TPSA) is 58.9 Å². The summed E-state index contributed by atoms with van der Waals surface area (Å²) in [5.41, 5.74) is 3.12. The standard InChI is InChI=1S/C20H28N4O2/c1-15-12-17(3-2-16-4-6-21-7-5-16)20-22-18(13-19(25)24(20)14-15)23-8-10-26-11-9-23/h12-14,16,21H,2-11H2,1H3.